The van der Waals surface area contributed by atoms with Crippen molar-refractivity contribution in [2.45, 2.75) is 52.1 Å². The summed E-state index contributed by atoms with van der Waals surface area (Å²) in [4.78, 5) is 13.4. The molecule has 0 amide bonds. The maximum absolute atomic E-state index is 11.0. The first-order valence-electron chi connectivity index (χ1n) is 7.77. The zero-order valence-corrected chi connectivity index (χ0v) is 13.7. The minimum atomic E-state index is 0.493. The van der Waals surface area contributed by atoms with Gasteiger partial charge in [0.1, 0.15) is 12.0 Å². The normalized spacial score (nSPS) is 18.7. The van der Waals surface area contributed by atoms with E-state index in [4.69, 9.17) is 4.74 Å². The summed E-state index contributed by atoms with van der Waals surface area (Å²) in [5, 5.41) is 0. The molecule has 1 aromatic rings. The van der Waals surface area contributed by atoms with Crippen molar-refractivity contribution < 1.29 is 9.53 Å². The van der Waals surface area contributed by atoms with Crippen LogP contribution in [-0.2, 0) is 6.54 Å². The van der Waals surface area contributed by atoms with Crippen molar-refractivity contribution >= 4 is 6.29 Å². The van der Waals surface area contributed by atoms with Gasteiger partial charge in [0.25, 0.3) is 0 Å². The Morgan fingerprint density at radius 2 is 2.00 bits per heavy atom. The summed E-state index contributed by atoms with van der Waals surface area (Å²) in [6.45, 7) is 5.55. The zero-order valence-electron chi connectivity index (χ0n) is 13.7. The van der Waals surface area contributed by atoms with Crippen molar-refractivity contribution in [1.29, 1.82) is 0 Å². The Morgan fingerprint density at radius 3 is 2.57 bits per heavy atom. The van der Waals surface area contributed by atoms with Gasteiger partial charge >= 0.3 is 0 Å². The highest BCUT2D eigenvalue weighted by Crippen LogP contribution is 2.37. The second-order valence-corrected chi connectivity index (χ2v) is 7.00. The van der Waals surface area contributed by atoms with Crippen molar-refractivity contribution in [2.24, 2.45) is 5.41 Å². The van der Waals surface area contributed by atoms with Gasteiger partial charge in [-0.25, -0.2) is 0 Å². The molecule has 116 valence electrons. The molecular weight excluding hydrogens is 262 g/mol. The van der Waals surface area contributed by atoms with Gasteiger partial charge < -0.3 is 4.74 Å². The Labute approximate surface area is 128 Å². The van der Waals surface area contributed by atoms with Crippen molar-refractivity contribution in [3.63, 3.8) is 0 Å². The summed E-state index contributed by atoms with van der Waals surface area (Å²) in [7, 11) is 3.86. The zero-order chi connectivity index (χ0) is 15.5. The van der Waals surface area contributed by atoms with Crippen LogP contribution in [0.1, 0.15) is 55.5 Å². The Bertz CT molecular complexity index is 486. The number of hydrogen-bond acceptors (Lipinski definition) is 3. The van der Waals surface area contributed by atoms with E-state index in [2.05, 4.69) is 25.8 Å². The molecule has 1 saturated carbocycles. The minimum absolute atomic E-state index is 0.493. The number of aldehydes is 1. The average Bonchev–Trinajstić information content (AvgIpc) is 2.46. The molecule has 0 bridgehead atoms. The van der Waals surface area contributed by atoms with Gasteiger partial charge in [-0.05, 0) is 56.3 Å². The molecule has 0 unspecified atom stereocenters. The van der Waals surface area contributed by atoms with Gasteiger partial charge in [-0.15, -0.1) is 0 Å². The molecule has 21 heavy (non-hydrogen) atoms. The fourth-order valence-electron chi connectivity index (χ4n) is 3.22. The third kappa shape index (κ3) is 4.07. The molecule has 0 heterocycles. The number of hydrogen-bond donors (Lipinski definition) is 0. The monoisotopic (exact) mass is 289 g/mol. The van der Waals surface area contributed by atoms with E-state index in [1.165, 1.54) is 25.7 Å². The first kappa shape index (κ1) is 16.0. The SMILES string of the molecule is COc1ccc(C=O)cc1CN(C)C1CCC(C)(C)CC1. The molecule has 0 atom stereocenters. The number of benzene rings is 1. The molecule has 0 aliphatic heterocycles. The number of methoxy groups -OCH3 is 1. The second kappa shape index (κ2) is 6.61. The molecule has 1 fully saturated rings. The third-order valence-electron chi connectivity index (χ3n) is 4.79. The quantitative estimate of drug-likeness (QED) is 0.770. The fraction of sp³-hybridized carbons (Fsp3) is 0.611. The molecule has 3 nitrogen and oxygen atoms in total. The Hall–Kier alpha value is -1.35. The van der Waals surface area contributed by atoms with Crippen molar-refractivity contribution in [3.05, 3.63) is 29.3 Å². The maximum Gasteiger partial charge on any atom is 0.150 e. The van der Waals surface area contributed by atoms with Crippen LogP contribution in [0.5, 0.6) is 5.75 Å². The number of nitrogens with zero attached hydrogens (tertiary/aromatic N) is 1. The Morgan fingerprint density at radius 1 is 1.33 bits per heavy atom. The van der Waals surface area contributed by atoms with Crippen LogP contribution >= 0.6 is 0 Å². The van der Waals surface area contributed by atoms with Crippen LogP contribution in [0.15, 0.2) is 18.2 Å². The lowest BCUT2D eigenvalue weighted by atomic mass is 9.75. The first-order chi connectivity index (χ1) is 9.95. The van der Waals surface area contributed by atoms with E-state index < -0.39 is 0 Å². The highest BCUT2D eigenvalue weighted by atomic mass is 16.5. The number of carbonyl (C=O) groups is 1. The minimum Gasteiger partial charge on any atom is -0.496 e. The highest BCUT2D eigenvalue weighted by Gasteiger charge is 2.28. The van der Waals surface area contributed by atoms with Crippen LogP contribution in [0.2, 0.25) is 0 Å². The highest BCUT2D eigenvalue weighted by molar-refractivity contribution is 5.75. The smallest absolute Gasteiger partial charge is 0.150 e. The largest absolute Gasteiger partial charge is 0.496 e. The lowest BCUT2D eigenvalue weighted by molar-refractivity contribution is 0.112. The molecule has 0 radical (unpaired) electrons. The van der Waals surface area contributed by atoms with E-state index >= 15 is 0 Å². The molecule has 1 aliphatic rings. The van der Waals surface area contributed by atoms with E-state index in [0.29, 0.717) is 17.0 Å². The van der Waals surface area contributed by atoms with Crippen molar-refractivity contribution in [1.82, 2.24) is 4.90 Å². The summed E-state index contributed by atoms with van der Waals surface area (Å²) in [5.74, 6) is 0.864. The van der Waals surface area contributed by atoms with Gasteiger partial charge in [0, 0.05) is 23.7 Å². The van der Waals surface area contributed by atoms with Crippen LogP contribution in [0.25, 0.3) is 0 Å². The van der Waals surface area contributed by atoms with Gasteiger partial charge in [-0.1, -0.05) is 13.8 Å². The van der Waals surface area contributed by atoms with E-state index in [9.17, 15) is 4.79 Å². The van der Waals surface area contributed by atoms with Gasteiger partial charge in [0.15, 0.2) is 0 Å². The van der Waals surface area contributed by atoms with Crippen molar-refractivity contribution in [2.75, 3.05) is 14.2 Å². The number of ether oxygens (including phenoxy) is 1. The van der Waals surface area contributed by atoms with E-state index in [-0.39, 0.29) is 0 Å². The Kier molecular flexibility index (Phi) is 5.04. The molecule has 0 N–H and O–H groups in total. The second-order valence-electron chi connectivity index (χ2n) is 7.00. The van der Waals surface area contributed by atoms with Gasteiger partial charge in [-0.2, -0.15) is 0 Å². The number of carbonyl (C=O) groups excluding carboxylic acids is 1. The lowest BCUT2D eigenvalue weighted by Gasteiger charge is -2.38. The molecular formula is C18H27NO2. The topological polar surface area (TPSA) is 29.5 Å². The number of rotatable bonds is 5. The lowest BCUT2D eigenvalue weighted by Crippen LogP contribution is -2.36. The van der Waals surface area contributed by atoms with Crippen LogP contribution in [0.3, 0.4) is 0 Å². The molecule has 3 heteroatoms. The fourth-order valence-corrected chi connectivity index (χ4v) is 3.22. The summed E-state index contributed by atoms with van der Waals surface area (Å²) < 4.78 is 5.42. The van der Waals surface area contributed by atoms with Crippen LogP contribution < -0.4 is 4.74 Å². The van der Waals surface area contributed by atoms with E-state index in [0.717, 1.165) is 24.1 Å². The third-order valence-corrected chi connectivity index (χ3v) is 4.79. The van der Waals surface area contributed by atoms with Gasteiger partial charge in [0.05, 0.1) is 7.11 Å². The standard InChI is InChI=1S/C18H27NO2/c1-18(2)9-7-16(8-10-18)19(3)12-15-11-14(13-20)5-6-17(15)21-4/h5-6,11,13,16H,7-10,12H2,1-4H3. The van der Waals surface area contributed by atoms with Crippen LogP contribution in [-0.4, -0.2) is 31.4 Å². The van der Waals surface area contributed by atoms with Gasteiger partial charge in [0.2, 0.25) is 0 Å². The predicted molar refractivity (Wildman–Crippen MR) is 85.9 cm³/mol. The molecule has 0 aromatic heterocycles. The Balaban J connectivity index is 2.05. The molecule has 0 saturated heterocycles. The van der Waals surface area contributed by atoms with Gasteiger partial charge in [-0.3, -0.25) is 9.69 Å². The predicted octanol–water partition coefficient (Wildman–Crippen LogP) is 3.91. The van der Waals surface area contributed by atoms with Crippen molar-refractivity contribution in [3.8, 4) is 5.75 Å². The molecule has 1 aliphatic carbocycles. The average molecular weight is 289 g/mol. The van der Waals surface area contributed by atoms with Crippen LogP contribution in [0, 0.1) is 5.41 Å². The maximum atomic E-state index is 11.0. The summed E-state index contributed by atoms with van der Waals surface area (Å²) in [6.07, 6.45) is 5.96. The first-order valence-corrected chi connectivity index (χ1v) is 7.77. The molecule has 2 rings (SSSR count). The summed E-state index contributed by atoms with van der Waals surface area (Å²) in [5.41, 5.74) is 2.30. The van der Waals surface area contributed by atoms with E-state index in [1.54, 1.807) is 13.2 Å². The molecule has 1 aromatic carbocycles. The molecule has 0 spiro atoms. The van der Waals surface area contributed by atoms with Crippen LogP contribution in [0.4, 0.5) is 0 Å². The van der Waals surface area contributed by atoms with E-state index in [1.807, 2.05) is 12.1 Å². The summed E-state index contributed by atoms with van der Waals surface area (Å²) in [6, 6.07) is 6.26. The summed E-state index contributed by atoms with van der Waals surface area (Å²) >= 11 is 0.